The summed E-state index contributed by atoms with van der Waals surface area (Å²) in [7, 11) is 2.09. The Kier molecular flexibility index (Phi) is 4.46. The molecule has 0 radical (unpaired) electrons. The van der Waals surface area contributed by atoms with E-state index in [2.05, 4.69) is 66.4 Å². The maximum atomic E-state index is 10.6. The van der Waals surface area contributed by atoms with Gasteiger partial charge in [-0.3, -0.25) is 15.5 Å². The minimum Gasteiger partial charge on any atom is -0.366 e. The van der Waals surface area contributed by atoms with Crippen LogP contribution in [-0.2, 0) is 0 Å². The Bertz CT molecular complexity index is 901. The van der Waals surface area contributed by atoms with E-state index in [1.165, 1.54) is 35.2 Å². The minimum atomic E-state index is -0.485. The first-order valence-electron chi connectivity index (χ1n) is 8.25. The maximum Gasteiger partial charge on any atom is 0.287 e. The summed E-state index contributed by atoms with van der Waals surface area (Å²) in [4.78, 5) is 16.4. The zero-order valence-electron chi connectivity index (χ0n) is 15.2. The topological polar surface area (TPSA) is 83.7 Å². The molecule has 7 nitrogen and oxygen atoms in total. The Morgan fingerprint density at radius 1 is 1.31 bits per heavy atom. The number of allylic oxidation sites excluding steroid dienone is 1. The third-order valence-electron chi connectivity index (χ3n) is 4.59. The van der Waals surface area contributed by atoms with Gasteiger partial charge < -0.3 is 4.90 Å². The standard InChI is InChI=1S/C19H21N5O2/c1-13-10-19(2,3)23(4)17-7-5-14(9-16(13)17)11-21-22-18-8-6-15(12-20-18)24(25)26/h5-12H,1-4H3,(H,20,22)/b21-11+. The number of nitrogens with zero attached hydrogens (tertiary/aromatic N) is 4. The molecule has 7 heteroatoms. The lowest BCUT2D eigenvalue weighted by Crippen LogP contribution is -2.42. The summed E-state index contributed by atoms with van der Waals surface area (Å²) in [6.07, 6.45) is 5.16. The van der Waals surface area contributed by atoms with Crippen LogP contribution in [-0.4, -0.2) is 28.7 Å². The Morgan fingerprint density at radius 2 is 2.08 bits per heavy atom. The molecule has 1 aliphatic rings. The lowest BCUT2D eigenvalue weighted by molar-refractivity contribution is -0.385. The van der Waals surface area contributed by atoms with E-state index in [1.54, 1.807) is 6.21 Å². The van der Waals surface area contributed by atoms with Crippen molar-refractivity contribution in [3.63, 3.8) is 0 Å². The first-order valence-corrected chi connectivity index (χ1v) is 8.25. The average Bonchev–Trinajstić information content (AvgIpc) is 2.60. The average molecular weight is 351 g/mol. The van der Waals surface area contributed by atoms with Crippen molar-refractivity contribution >= 4 is 29.0 Å². The van der Waals surface area contributed by atoms with Gasteiger partial charge in [0.25, 0.3) is 5.69 Å². The van der Waals surface area contributed by atoms with Gasteiger partial charge in [0.15, 0.2) is 0 Å². The van der Waals surface area contributed by atoms with Gasteiger partial charge in [0.1, 0.15) is 12.0 Å². The molecule has 0 saturated carbocycles. The molecule has 0 bridgehead atoms. The van der Waals surface area contributed by atoms with Gasteiger partial charge >= 0.3 is 0 Å². The second-order valence-electron chi connectivity index (χ2n) is 6.85. The van der Waals surface area contributed by atoms with Gasteiger partial charge in [0.2, 0.25) is 0 Å². The van der Waals surface area contributed by atoms with Crippen LogP contribution in [0.3, 0.4) is 0 Å². The van der Waals surface area contributed by atoms with Crippen LogP contribution in [0.2, 0.25) is 0 Å². The van der Waals surface area contributed by atoms with E-state index in [1.807, 2.05) is 6.07 Å². The van der Waals surface area contributed by atoms with Crippen molar-refractivity contribution in [2.75, 3.05) is 17.4 Å². The molecule has 0 unspecified atom stereocenters. The quantitative estimate of drug-likeness (QED) is 0.510. The smallest absolute Gasteiger partial charge is 0.287 e. The summed E-state index contributed by atoms with van der Waals surface area (Å²) in [5.41, 5.74) is 7.29. The minimum absolute atomic E-state index is 0.0180. The van der Waals surface area contributed by atoms with Gasteiger partial charge in [-0.2, -0.15) is 5.10 Å². The normalized spacial score (nSPS) is 15.5. The van der Waals surface area contributed by atoms with Gasteiger partial charge in [-0.05, 0) is 50.1 Å². The predicted octanol–water partition coefficient (Wildman–Crippen LogP) is 4.07. The number of nitrogens with one attached hydrogen (secondary N) is 1. The highest BCUT2D eigenvalue weighted by molar-refractivity contribution is 5.87. The van der Waals surface area contributed by atoms with Crippen LogP contribution in [0.25, 0.3) is 5.57 Å². The highest BCUT2D eigenvalue weighted by Gasteiger charge is 2.28. The molecule has 2 aromatic rings. The molecule has 1 aromatic carbocycles. The summed E-state index contributed by atoms with van der Waals surface area (Å²) >= 11 is 0. The Morgan fingerprint density at radius 3 is 2.73 bits per heavy atom. The predicted molar refractivity (Wildman–Crippen MR) is 105 cm³/mol. The number of hydrogen-bond donors (Lipinski definition) is 1. The molecule has 26 heavy (non-hydrogen) atoms. The first kappa shape index (κ1) is 17.6. The maximum absolute atomic E-state index is 10.6. The van der Waals surface area contributed by atoms with Crippen LogP contribution in [0, 0.1) is 10.1 Å². The number of rotatable bonds is 4. The summed E-state index contributed by atoms with van der Waals surface area (Å²) in [5, 5.41) is 14.8. The zero-order chi connectivity index (χ0) is 18.9. The van der Waals surface area contributed by atoms with Crippen molar-refractivity contribution in [3.8, 4) is 0 Å². The van der Waals surface area contributed by atoms with Gasteiger partial charge in [0.05, 0.1) is 16.7 Å². The van der Waals surface area contributed by atoms with Crippen LogP contribution >= 0.6 is 0 Å². The number of hydrogen-bond acceptors (Lipinski definition) is 6. The number of hydrazone groups is 1. The molecule has 0 saturated heterocycles. The fourth-order valence-electron chi connectivity index (χ4n) is 2.99. The van der Waals surface area contributed by atoms with Crippen LogP contribution in [0.15, 0.2) is 47.7 Å². The van der Waals surface area contributed by atoms with Crippen LogP contribution in [0.1, 0.15) is 31.9 Å². The lowest BCUT2D eigenvalue weighted by atomic mass is 9.89. The molecule has 3 rings (SSSR count). The summed E-state index contributed by atoms with van der Waals surface area (Å²) in [6.45, 7) is 6.50. The SMILES string of the molecule is CC1=CC(C)(C)N(C)c2ccc(/C=N/Nc3ccc([N+](=O)[O-])cn3)cc21. The molecular formula is C19H21N5O2. The third kappa shape index (κ3) is 3.42. The van der Waals surface area contributed by atoms with Crippen LogP contribution < -0.4 is 10.3 Å². The van der Waals surface area contributed by atoms with Crippen molar-refractivity contribution in [2.24, 2.45) is 5.10 Å². The Labute approximate surface area is 152 Å². The lowest BCUT2D eigenvalue weighted by Gasteiger charge is -2.40. The molecule has 0 atom stereocenters. The van der Waals surface area contributed by atoms with E-state index in [9.17, 15) is 10.1 Å². The van der Waals surface area contributed by atoms with Crippen molar-refractivity contribution < 1.29 is 4.92 Å². The number of nitro groups is 1. The van der Waals surface area contributed by atoms with E-state index >= 15 is 0 Å². The van der Waals surface area contributed by atoms with Crippen molar-refractivity contribution in [1.82, 2.24) is 4.98 Å². The van der Waals surface area contributed by atoms with E-state index in [0.29, 0.717) is 5.82 Å². The second kappa shape index (κ2) is 6.59. The number of anilines is 2. The van der Waals surface area contributed by atoms with Crippen LogP contribution in [0.5, 0.6) is 0 Å². The van der Waals surface area contributed by atoms with Crippen molar-refractivity contribution in [2.45, 2.75) is 26.3 Å². The molecular weight excluding hydrogens is 330 g/mol. The second-order valence-corrected chi connectivity index (χ2v) is 6.85. The molecule has 1 N–H and O–H groups in total. The molecule has 0 amide bonds. The fraction of sp³-hybridized carbons (Fsp3) is 0.263. The van der Waals surface area contributed by atoms with Crippen molar-refractivity contribution in [1.29, 1.82) is 0 Å². The zero-order valence-corrected chi connectivity index (χ0v) is 15.2. The number of benzene rings is 1. The monoisotopic (exact) mass is 351 g/mol. The van der Waals surface area contributed by atoms with Crippen LogP contribution in [0.4, 0.5) is 17.2 Å². The van der Waals surface area contributed by atoms with E-state index in [-0.39, 0.29) is 11.2 Å². The Hall–Kier alpha value is -3.22. The molecule has 1 aliphatic heterocycles. The van der Waals surface area contributed by atoms with E-state index in [4.69, 9.17) is 0 Å². The molecule has 0 fully saturated rings. The van der Waals surface area contributed by atoms with E-state index in [0.717, 1.165) is 5.56 Å². The number of fused-ring (bicyclic) bond motifs is 1. The van der Waals surface area contributed by atoms with Gasteiger partial charge in [0, 0.05) is 24.4 Å². The Balaban J connectivity index is 1.76. The summed E-state index contributed by atoms with van der Waals surface area (Å²) in [5.74, 6) is 0.447. The van der Waals surface area contributed by atoms with E-state index < -0.39 is 4.92 Å². The molecule has 0 aliphatic carbocycles. The molecule has 2 heterocycles. The number of pyridine rings is 1. The summed E-state index contributed by atoms with van der Waals surface area (Å²) in [6, 6.07) is 9.11. The highest BCUT2D eigenvalue weighted by atomic mass is 16.6. The largest absolute Gasteiger partial charge is 0.366 e. The van der Waals surface area contributed by atoms with Gasteiger partial charge in [-0.15, -0.1) is 0 Å². The number of aromatic nitrogens is 1. The van der Waals surface area contributed by atoms with Gasteiger partial charge in [-0.1, -0.05) is 12.1 Å². The fourth-order valence-corrected chi connectivity index (χ4v) is 2.99. The van der Waals surface area contributed by atoms with Crippen molar-refractivity contribution in [3.05, 3.63) is 63.8 Å². The molecule has 1 aromatic heterocycles. The third-order valence-corrected chi connectivity index (χ3v) is 4.59. The molecule has 134 valence electrons. The first-order chi connectivity index (χ1) is 12.3. The molecule has 0 spiro atoms. The summed E-state index contributed by atoms with van der Waals surface area (Å²) < 4.78 is 0. The highest BCUT2D eigenvalue weighted by Crippen LogP contribution is 2.37. The number of likely N-dealkylation sites (N-methyl/N-ethyl adjacent to an activating group) is 1. The van der Waals surface area contributed by atoms with Gasteiger partial charge in [-0.25, -0.2) is 4.98 Å².